The van der Waals surface area contributed by atoms with Gasteiger partial charge in [0.05, 0.1) is 20.3 Å². The molecule has 0 unspecified atom stereocenters. The second-order valence-electron chi connectivity index (χ2n) is 8.20. The van der Waals surface area contributed by atoms with Gasteiger partial charge in [-0.3, -0.25) is 4.79 Å². The van der Waals surface area contributed by atoms with Crippen LogP contribution in [-0.4, -0.2) is 50.2 Å². The predicted octanol–water partition coefficient (Wildman–Crippen LogP) is 3.03. The molecule has 0 aromatic heterocycles. The van der Waals surface area contributed by atoms with E-state index in [1.165, 1.54) is 0 Å². The predicted molar refractivity (Wildman–Crippen MR) is 111 cm³/mol. The maximum absolute atomic E-state index is 12.9. The lowest BCUT2D eigenvalue weighted by atomic mass is 9.91. The molecule has 0 saturated heterocycles. The molecule has 29 heavy (non-hydrogen) atoms. The molecule has 2 N–H and O–H groups in total. The average Bonchev–Trinajstić information content (AvgIpc) is 3.24. The minimum atomic E-state index is -0.248. The van der Waals surface area contributed by atoms with Crippen LogP contribution in [0, 0.1) is 5.92 Å². The zero-order valence-corrected chi connectivity index (χ0v) is 17.9. The van der Waals surface area contributed by atoms with E-state index in [-0.39, 0.29) is 29.9 Å². The minimum absolute atomic E-state index is 0.0445. The monoisotopic (exact) mass is 403 g/mol. The summed E-state index contributed by atoms with van der Waals surface area (Å²) in [5.74, 6) is 1.50. The summed E-state index contributed by atoms with van der Waals surface area (Å²) in [5, 5.41) is 6.09. The zero-order valence-electron chi connectivity index (χ0n) is 17.9. The van der Waals surface area contributed by atoms with E-state index in [9.17, 15) is 9.59 Å². The van der Waals surface area contributed by atoms with Crippen molar-refractivity contribution in [3.05, 3.63) is 23.3 Å². The third kappa shape index (κ3) is 4.77. The fourth-order valence-corrected chi connectivity index (χ4v) is 4.35. The van der Waals surface area contributed by atoms with Crippen molar-refractivity contribution >= 4 is 11.9 Å². The van der Waals surface area contributed by atoms with Crippen LogP contribution in [0.1, 0.15) is 56.7 Å². The van der Waals surface area contributed by atoms with Crippen molar-refractivity contribution in [3.8, 4) is 11.5 Å². The van der Waals surface area contributed by atoms with Crippen LogP contribution in [0.2, 0.25) is 0 Å². The third-order valence-corrected chi connectivity index (χ3v) is 5.87. The summed E-state index contributed by atoms with van der Waals surface area (Å²) in [6.07, 6.45) is 4.87. The highest BCUT2D eigenvalue weighted by molar-refractivity contribution is 5.79. The van der Waals surface area contributed by atoms with Gasteiger partial charge in [0.2, 0.25) is 5.91 Å². The molecule has 0 bridgehead atoms. The molecule has 1 heterocycles. The SMILES string of the molecule is COc1cc2c(cc1OC)[C@@H](CNC(=O)C1CCCC1)N(C(=O)NC(C)C)CC2. The molecule has 1 aromatic rings. The number of hydrogen-bond donors (Lipinski definition) is 2. The molecule has 0 radical (unpaired) electrons. The number of rotatable bonds is 6. The molecular formula is C22H33N3O4. The van der Waals surface area contributed by atoms with Gasteiger partial charge in [-0.25, -0.2) is 4.79 Å². The van der Waals surface area contributed by atoms with Crippen molar-refractivity contribution in [2.75, 3.05) is 27.3 Å². The van der Waals surface area contributed by atoms with E-state index in [0.29, 0.717) is 24.6 Å². The number of ether oxygens (including phenoxy) is 2. The molecule has 1 aliphatic heterocycles. The van der Waals surface area contributed by atoms with E-state index < -0.39 is 0 Å². The summed E-state index contributed by atoms with van der Waals surface area (Å²) in [6, 6.07) is 3.61. The topological polar surface area (TPSA) is 79.9 Å². The van der Waals surface area contributed by atoms with Crippen molar-refractivity contribution in [1.29, 1.82) is 0 Å². The van der Waals surface area contributed by atoms with Gasteiger partial charge in [0.15, 0.2) is 11.5 Å². The van der Waals surface area contributed by atoms with Crippen LogP contribution in [0.4, 0.5) is 4.79 Å². The molecule has 1 aromatic carbocycles. The van der Waals surface area contributed by atoms with Crippen LogP contribution in [0.15, 0.2) is 12.1 Å². The Kier molecular flexibility index (Phi) is 6.87. The van der Waals surface area contributed by atoms with Crippen molar-refractivity contribution in [1.82, 2.24) is 15.5 Å². The van der Waals surface area contributed by atoms with Crippen LogP contribution in [0.25, 0.3) is 0 Å². The second kappa shape index (κ2) is 9.37. The molecule has 7 nitrogen and oxygen atoms in total. The lowest BCUT2D eigenvalue weighted by Gasteiger charge is -2.38. The Morgan fingerprint density at radius 1 is 1.14 bits per heavy atom. The second-order valence-corrected chi connectivity index (χ2v) is 8.20. The Morgan fingerprint density at radius 3 is 2.41 bits per heavy atom. The number of methoxy groups -OCH3 is 2. The molecule has 1 saturated carbocycles. The fourth-order valence-electron chi connectivity index (χ4n) is 4.35. The summed E-state index contributed by atoms with van der Waals surface area (Å²) in [7, 11) is 3.22. The molecule has 7 heteroatoms. The van der Waals surface area contributed by atoms with Gasteiger partial charge in [0.1, 0.15) is 0 Å². The number of benzene rings is 1. The number of urea groups is 1. The Bertz CT molecular complexity index is 744. The standard InChI is InChI=1S/C22H33N3O4/c1-14(2)24-22(27)25-10-9-16-11-19(28-3)20(29-4)12-17(16)18(25)13-23-21(26)15-7-5-6-8-15/h11-12,14-15,18H,5-10,13H2,1-4H3,(H,23,26)(H,24,27)/t18-/m1/s1. The van der Waals surface area contributed by atoms with Gasteiger partial charge in [-0.15, -0.1) is 0 Å². The molecule has 1 fully saturated rings. The van der Waals surface area contributed by atoms with Gasteiger partial charge >= 0.3 is 6.03 Å². The maximum Gasteiger partial charge on any atom is 0.318 e. The summed E-state index contributed by atoms with van der Waals surface area (Å²) in [5.41, 5.74) is 2.12. The summed E-state index contributed by atoms with van der Waals surface area (Å²) >= 11 is 0. The van der Waals surface area contributed by atoms with Gasteiger partial charge in [-0.05, 0) is 56.4 Å². The largest absolute Gasteiger partial charge is 0.493 e. The zero-order chi connectivity index (χ0) is 21.0. The van der Waals surface area contributed by atoms with Crippen molar-refractivity contribution in [3.63, 3.8) is 0 Å². The van der Waals surface area contributed by atoms with Crippen LogP contribution in [0.5, 0.6) is 11.5 Å². The lowest BCUT2D eigenvalue weighted by molar-refractivity contribution is -0.125. The van der Waals surface area contributed by atoms with Crippen LogP contribution < -0.4 is 20.1 Å². The average molecular weight is 404 g/mol. The lowest BCUT2D eigenvalue weighted by Crippen LogP contribution is -2.50. The van der Waals surface area contributed by atoms with E-state index in [1.54, 1.807) is 14.2 Å². The van der Waals surface area contributed by atoms with Crippen molar-refractivity contribution in [2.24, 2.45) is 5.92 Å². The number of amides is 3. The highest BCUT2D eigenvalue weighted by atomic mass is 16.5. The quantitative estimate of drug-likeness (QED) is 0.765. The normalized spacial score (nSPS) is 19.1. The Balaban J connectivity index is 1.87. The van der Waals surface area contributed by atoms with E-state index in [4.69, 9.17) is 9.47 Å². The first kappa shape index (κ1) is 21.3. The van der Waals surface area contributed by atoms with Gasteiger partial charge in [-0.1, -0.05) is 12.8 Å². The van der Waals surface area contributed by atoms with Gasteiger partial charge in [0, 0.05) is 25.0 Å². The molecule has 3 rings (SSSR count). The molecule has 3 amide bonds. The van der Waals surface area contributed by atoms with E-state index in [2.05, 4.69) is 10.6 Å². The molecular weight excluding hydrogens is 370 g/mol. The van der Waals surface area contributed by atoms with Crippen LogP contribution in [-0.2, 0) is 11.2 Å². The van der Waals surface area contributed by atoms with E-state index in [1.807, 2.05) is 30.9 Å². The summed E-state index contributed by atoms with van der Waals surface area (Å²) in [6.45, 7) is 4.87. The molecule has 0 spiro atoms. The number of fused-ring (bicyclic) bond motifs is 1. The van der Waals surface area contributed by atoms with Crippen molar-refractivity contribution in [2.45, 2.75) is 58.0 Å². The number of carbonyl (C=O) groups is 2. The Hall–Kier alpha value is -2.44. The molecule has 2 aliphatic rings. The Morgan fingerprint density at radius 2 is 1.79 bits per heavy atom. The molecule has 1 aliphatic carbocycles. The highest BCUT2D eigenvalue weighted by Crippen LogP contribution is 2.38. The highest BCUT2D eigenvalue weighted by Gasteiger charge is 2.33. The van der Waals surface area contributed by atoms with Gasteiger partial charge in [0.25, 0.3) is 0 Å². The van der Waals surface area contributed by atoms with Crippen LogP contribution in [0.3, 0.4) is 0 Å². The fraction of sp³-hybridized carbons (Fsp3) is 0.636. The first-order chi connectivity index (χ1) is 13.9. The molecule has 160 valence electrons. The number of nitrogens with zero attached hydrogens (tertiary/aromatic N) is 1. The van der Waals surface area contributed by atoms with Crippen molar-refractivity contribution < 1.29 is 19.1 Å². The van der Waals surface area contributed by atoms with E-state index >= 15 is 0 Å². The first-order valence-corrected chi connectivity index (χ1v) is 10.5. The summed E-state index contributed by atoms with van der Waals surface area (Å²) in [4.78, 5) is 27.3. The van der Waals surface area contributed by atoms with Gasteiger partial charge in [-0.2, -0.15) is 0 Å². The number of nitrogens with one attached hydrogen (secondary N) is 2. The third-order valence-electron chi connectivity index (χ3n) is 5.87. The van der Waals surface area contributed by atoms with E-state index in [0.717, 1.165) is 43.2 Å². The Labute approximate surface area is 173 Å². The van der Waals surface area contributed by atoms with Crippen LogP contribution >= 0.6 is 0 Å². The number of hydrogen-bond acceptors (Lipinski definition) is 4. The molecule has 1 atom stereocenters. The number of carbonyl (C=O) groups excluding carboxylic acids is 2. The summed E-state index contributed by atoms with van der Waals surface area (Å²) < 4.78 is 10.9. The maximum atomic E-state index is 12.9. The minimum Gasteiger partial charge on any atom is -0.493 e. The smallest absolute Gasteiger partial charge is 0.318 e. The first-order valence-electron chi connectivity index (χ1n) is 10.5. The van der Waals surface area contributed by atoms with Gasteiger partial charge < -0.3 is 25.0 Å².